The number of aromatic nitrogens is 7. The minimum absolute atomic E-state index is 0.0535. The molecule has 6 aromatic heterocycles. The van der Waals surface area contributed by atoms with Gasteiger partial charge in [-0.05, 0) is 74.2 Å². The van der Waals surface area contributed by atoms with Crippen LogP contribution in [0.5, 0.6) is 0 Å². The number of nitrogens with zero attached hydrogens (tertiary/aromatic N) is 5. The summed E-state index contributed by atoms with van der Waals surface area (Å²) in [5.41, 5.74) is 7.41. The second kappa shape index (κ2) is 10.4. The first-order valence-corrected chi connectivity index (χ1v) is 14.4. The standard InChI is InChI=1S/C30H28N8OS/c1-17(39)24-8-9-25(40-24)21-10-11-33-29-26(21)35-30(36-29)28-27-23(37-38-28)7-6-22(34-27)20-12-19(15-32-16-20)14-31-13-18-4-2-3-5-18/h6-12,15-16,18,31H,2-5,13-14H2,1H3,(H,37,38)(H,33,35,36). The van der Waals surface area contributed by atoms with E-state index in [1.54, 1.807) is 13.1 Å². The van der Waals surface area contributed by atoms with E-state index in [4.69, 9.17) is 9.97 Å². The number of thiophene rings is 1. The van der Waals surface area contributed by atoms with E-state index in [-0.39, 0.29) is 5.78 Å². The van der Waals surface area contributed by atoms with Crippen molar-refractivity contribution in [2.24, 2.45) is 5.92 Å². The van der Waals surface area contributed by atoms with Gasteiger partial charge in [0.2, 0.25) is 0 Å². The quantitative estimate of drug-likeness (QED) is 0.194. The van der Waals surface area contributed by atoms with Crippen molar-refractivity contribution in [2.75, 3.05) is 6.54 Å². The van der Waals surface area contributed by atoms with Gasteiger partial charge >= 0.3 is 0 Å². The number of rotatable bonds is 8. The van der Waals surface area contributed by atoms with Gasteiger partial charge in [-0.2, -0.15) is 5.10 Å². The fraction of sp³-hybridized carbons (Fsp3) is 0.267. The zero-order valence-corrected chi connectivity index (χ0v) is 22.9. The Morgan fingerprint density at radius 2 is 2.00 bits per heavy atom. The number of hydrogen-bond donors (Lipinski definition) is 3. The molecule has 1 fully saturated rings. The van der Waals surface area contributed by atoms with Gasteiger partial charge in [0.15, 0.2) is 22.9 Å². The van der Waals surface area contributed by atoms with Gasteiger partial charge in [-0.1, -0.05) is 12.8 Å². The SMILES string of the molecule is CC(=O)c1ccc(-c2ccnc3nc(-c4n[nH]c5ccc(-c6cncc(CNCC7CCCC7)c6)nc45)[nH]c23)s1. The lowest BCUT2D eigenvalue weighted by molar-refractivity contribution is 0.102. The molecule has 10 heteroatoms. The summed E-state index contributed by atoms with van der Waals surface area (Å²) in [4.78, 5) is 35.6. The maximum absolute atomic E-state index is 11.8. The van der Waals surface area contributed by atoms with E-state index in [2.05, 4.69) is 36.5 Å². The number of nitrogens with one attached hydrogen (secondary N) is 3. The lowest BCUT2D eigenvalue weighted by Crippen LogP contribution is -2.20. The Morgan fingerprint density at radius 3 is 2.85 bits per heavy atom. The second-order valence-electron chi connectivity index (χ2n) is 10.4. The minimum Gasteiger partial charge on any atom is -0.335 e. The Hall–Kier alpha value is -4.28. The Morgan fingerprint density at radius 1 is 1.10 bits per heavy atom. The molecule has 200 valence electrons. The number of H-pyrrole nitrogens is 2. The minimum atomic E-state index is 0.0535. The number of aromatic amines is 2. The molecule has 3 N–H and O–H groups in total. The number of carbonyl (C=O) groups excluding carboxylic acids is 1. The van der Waals surface area contributed by atoms with Crippen molar-refractivity contribution >= 4 is 39.3 Å². The first-order chi connectivity index (χ1) is 19.6. The summed E-state index contributed by atoms with van der Waals surface area (Å²) in [5, 5.41) is 11.2. The van der Waals surface area contributed by atoms with Crippen molar-refractivity contribution in [1.82, 2.24) is 40.4 Å². The van der Waals surface area contributed by atoms with Gasteiger partial charge in [0.1, 0.15) is 5.52 Å². The molecule has 0 aromatic carbocycles. The topological polar surface area (TPSA) is 125 Å². The van der Waals surface area contributed by atoms with Crippen LogP contribution < -0.4 is 5.32 Å². The Labute approximate surface area is 234 Å². The molecule has 0 bridgehead atoms. The van der Waals surface area contributed by atoms with Gasteiger partial charge in [-0.15, -0.1) is 11.3 Å². The molecule has 0 saturated heterocycles. The van der Waals surface area contributed by atoms with E-state index < -0.39 is 0 Å². The molecule has 6 aromatic rings. The van der Waals surface area contributed by atoms with Crippen LogP contribution in [-0.4, -0.2) is 47.4 Å². The van der Waals surface area contributed by atoms with E-state index in [0.29, 0.717) is 17.2 Å². The van der Waals surface area contributed by atoms with Gasteiger partial charge < -0.3 is 10.3 Å². The van der Waals surface area contributed by atoms with Crippen molar-refractivity contribution in [1.29, 1.82) is 0 Å². The number of pyridine rings is 3. The highest BCUT2D eigenvalue weighted by Crippen LogP contribution is 2.34. The van der Waals surface area contributed by atoms with Crippen LogP contribution in [0.25, 0.3) is 55.4 Å². The molecule has 0 spiro atoms. The average molecular weight is 549 g/mol. The molecule has 0 aliphatic heterocycles. The van der Waals surface area contributed by atoms with E-state index >= 15 is 0 Å². The van der Waals surface area contributed by atoms with Crippen molar-refractivity contribution in [3.8, 4) is 33.2 Å². The lowest BCUT2D eigenvalue weighted by atomic mass is 10.1. The van der Waals surface area contributed by atoms with Crippen molar-refractivity contribution in [3.63, 3.8) is 0 Å². The summed E-state index contributed by atoms with van der Waals surface area (Å²) in [6, 6.07) is 11.9. The zero-order chi connectivity index (χ0) is 27.1. The number of ketones is 1. The summed E-state index contributed by atoms with van der Waals surface area (Å²) in [5.74, 6) is 1.43. The van der Waals surface area contributed by atoms with Gasteiger partial charge in [0.05, 0.1) is 21.6 Å². The largest absolute Gasteiger partial charge is 0.335 e. The molecule has 6 heterocycles. The van der Waals surface area contributed by atoms with Gasteiger partial charge in [-0.3, -0.25) is 14.9 Å². The third-order valence-electron chi connectivity index (χ3n) is 7.57. The number of imidazole rings is 1. The highest BCUT2D eigenvalue weighted by molar-refractivity contribution is 7.17. The lowest BCUT2D eigenvalue weighted by Gasteiger charge is -2.11. The normalized spacial score (nSPS) is 14.0. The van der Waals surface area contributed by atoms with E-state index in [0.717, 1.165) is 67.7 Å². The van der Waals surface area contributed by atoms with Crippen LogP contribution in [0.3, 0.4) is 0 Å². The molecule has 7 rings (SSSR count). The molecule has 0 atom stereocenters. The van der Waals surface area contributed by atoms with Crippen molar-refractivity contribution < 1.29 is 4.79 Å². The smallest absolute Gasteiger partial charge is 0.178 e. The summed E-state index contributed by atoms with van der Waals surface area (Å²) in [7, 11) is 0. The Bertz CT molecular complexity index is 1850. The molecule has 0 radical (unpaired) electrons. The fourth-order valence-electron chi connectivity index (χ4n) is 5.48. The molecule has 0 unspecified atom stereocenters. The van der Waals surface area contributed by atoms with Crippen LogP contribution in [0.1, 0.15) is 47.8 Å². The summed E-state index contributed by atoms with van der Waals surface area (Å²) < 4.78 is 0. The zero-order valence-electron chi connectivity index (χ0n) is 22.1. The third kappa shape index (κ3) is 4.69. The van der Waals surface area contributed by atoms with Crippen LogP contribution in [0.4, 0.5) is 0 Å². The number of fused-ring (bicyclic) bond motifs is 2. The monoisotopic (exact) mass is 548 g/mol. The highest BCUT2D eigenvalue weighted by Gasteiger charge is 2.19. The van der Waals surface area contributed by atoms with Crippen LogP contribution >= 0.6 is 11.3 Å². The van der Waals surface area contributed by atoms with Crippen LogP contribution in [-0.2, 0) is 6.54 Å². The summed E-state index contributed by atoms with van der Waals surface area (Å²) >= 11 is 1.46. The predicted octanol–water partition coefficient (Wildman–Crippen LogP) is 6.17. The number of Topliss-reactive ketones (excluding diaryl/α,β-unsaturated/α-hetero) is 1. The highest BCUT2D eigenvalue weighted by atomic mass is 32.1. The summed E-state index contributed by atoms with van der Waals surface area (Å²) in [6.45, 7) is 3.44. The van der Waals surface area contributed by atoms with Gasteiger partial charge in [-0.25, -0.2) is 15.0 Å². The van der Waals surface area contributed by atoms with Gasteiger partial charge in [0.25, 0.3) is 0 Å². The maximum atomic E-state index is 11.8. The second-order valence-corrected chi connectivity index (χ2v) is 11.5. The predicted molar refractivity (Wildman–Crippen MR) is 157 cm³/mol. The molecule has 1 aliphatic carbocycles. The third-order valence-corrected chi connectivity index (χ3v) is 8.79. The molecule has 9 nitrogen and oxygen atoms in total. The Balaban J connectivity index is 1.20. The molecule has 0 amide bonds. The molecule has 40 heavy (non-hydrogen) atoms. The average Bonchev–Trinajstić information content (AvgIpc) is 3.78. The molecular formula is C30H28N8OS. The van der Waals surface area contributed by atoms with Crippen LogP contribution in [0.15, 0.2) is 55.0 Å². The molecule has 1 saturated carbocycles. The van der Waals surface area contributed by atoms with E-state index in [1.165, 1.54) is 37.0 Å². The molecular weight excluding hydrogens is 520 g/mol. The number of hydrogen-bond acceptors (Lipinski definition) is 8. The van der Waals surface area contributed by atoms with E-state index in [9.17, 15) is 4.79 Å². The van der Waals surface area contributed by atoms with Crippen molar-refractivity contribution in [3.05, 3.63) is 65.4 Å². The van der Waals surface area contributed by atoms with Crippen molar-refractivity contribution in [2.45, 2.75) is 39.2 Å². The van der Waals surface area contributed by atoms with Crippen LogP contribution in [0.2, 0.25) is 0 Å². The number of carbonyl (C=O) groups is 1. The molecule has 1 aliphatic rings. The fourth-order valence-corrected chi connectivity index (χ4v) is 6.42. The van der Waals surface area contributed by atoms with Gasteiger partial charge in [0, 0.05) is 41.1 Å². The Kier molecular flexibility index (Phi) is 6.41. The van der Waals surface area contributed by atoms with Crippen LogP contribution in [0, 0.1) is 5.92 Å². The summed E-state index contributed by atoms with van der Waals surface area (Å²) in [6.07, 6.45) is 10.9. The van der Waals surface area contributed by atoms with E-state index in [1.807, 2.05) is 42.7 Å². The first-order valence-electron chi connectivity index (χ1n) is 13.6. The first kappa shape index (κ1) is 24.7. The maximum Gasteiger partial charge on any atom is 0.178 e.